The van der Waals surface area contributed by atoms with E-state index in [-0.39, 0.29) is 5.75 Å². The molecule has 0 radical (unpaired) electrons. The van der Waals surface area contributed by atoms with Crippen molar-refractivity contribution in [2.45, 2.75) is 6.18 Å². The summed E-state index contributed by atoms with van der Waals surface area (Å²) < 4.78 is 43.6. The first kappa shape index (κ1) is 17.6. The van der Waals surface area contributed by atoms with Crippen LogP contribution in [0.15, 0.2) is 47.0 Å². The molecule has 0 spiro atoms. The molecule has 11 heteroatoms. The molecule has 0 amide bonds. The van der Waals surface area contributed by atoms with Gasteiger partial charge in [-0.3, -0.25) is 5.43 Å². The van der Waals surface area contributed by atoms with Gasteiger partial charge in [-0.2, -0.15) is 23.3 Å². The largest absolute Gasteiger partial charge is 0.433 e. The normalized spacial score (nSPS) is 11.7. The van der Waals surface area contributed by atoms with Crippen molar-refractivity contribution in [3.8, 4) is 11.8 Å². The Kier molecular flexibility index (Phi) is 4.98. The average Bonchev–Trinajstić information content (AvgIpc) is 3.01. The summed E-state index contributed by atoms with van der Waals surface area (Å²) in [6.45, 7) is 0. The van der Waals surface area contributed by atoms with Crippen LogP contribution in [-0.2, 0) is 6.18 Å². The Morgan fingerprint density at radius 3 is 2.73 bits per heavy atom. The molecule has 0 aliphatic carbocycles. The second-order valence-electron chi connectivity index (χ2n) is 4.81. The Morgan fingerprint density at radius 1 is 1.19 bits per heavy atom. The molecule has 0 saturated heterocycles. The quantitative estimate of drug-likeness (QED) is 0.516. The van der Waals surface area contributed by atoms with Crippen molar-refractivity contribution in [2.24, 2.45) is 5.10 Å². The van der Waals surface area contributed by atoms with E-state index in [1.54, 1.807) is 29.6 Å². The number of hydrogen-bond donors (Lipinski definition) is 2. The fourth-order valence-corrected chi connectivity index (χ4v) is 2.37. The van der Waals surface area contributed by atoms with Gasteiger partial charge in [-0.15, -0.1) is 11.3 Å². The number of nitrogens with two attached hydrogens (primary N) is 1. The van der Waals surface area contributed by atoms with Gasteiger partial charge in [0.25, 0.3) is 0 Å². The third kappa shape index (κ3) is 4.45. The molecular weight excluding hydrogens is 369 g/mol. The monoisotopic (exact) mass is 380 g/mol. The highest BCUT2D eigenvalue weighted by Crippen LogP contribution is 2.29. The molecule has 0 fully saturated rings. The first-order valence-electron chi connectivity index (χ1n) is 7.09. The first-order chi connectivity index (χ1) is 12.4. The van der Waals surface area contributed by atoms with Crippen LogP contribution in [0, 0.1) is 0 Å². The molecule has 0 bridgehead atoms. The summed E-state index contributed by atoms with van der Waals surface area (Å²) in [5, 5.41) is 6.15. The number of aromatic nitrogens is 3. The summed E-state index contributed by atoms with van der Waals surface area (Å²) in [7, 11) is 0. The van der Waals surface area contributed by atoms with Crippen LogP contribution in [0.4, 0.5) is 24.1 Å². The minimum Gasteiger partial charge on any atom is -0.424 e. The number of anilines is 2. The van der Waals surface area contributed by atoms with Gasteiger partial charge in [-0.1, -0.05) is 12.1 Å². The van der Waals surface area contributed by atoms with Gasteiger partial charge in [0.05, 0.1) is 6.21 Å². The molecule has 0 aliphatic heterocycles. The van der Waals surface area contributed by atoms with Gasteiger partial charge in [0.1, 0.15) is 11.6 Å². The molecule has 3 N–H and O–H groups in total. The fraction of sp³-hybridized carbons (Fsp3) is 0.0667. The zero-order valence-electron chi connectivity index (χ0n) is 12.9. The van der Waals surface area contributed by atoms with E-state index in [0.29, 0.717) is 16.5 Å². The van der Waals surface area contributed by atoms with Gasteiger partial charge in [-0.05, 0) is 18.2 Å². The van der Waals surface area contributed by atoms with Crippen molar-refractivity contribution >= 4 is 28.5 Å². The minimum absolute atomic E-state index is 0.246. The number of nitrogen functional groups attached to an aromatic ring is 1. The summed E-state index contributed by atoms with van der Waals surface area (Å²) in [6.07, 6.45) is -2.17. The van der Waals surface area contributed by atoms with Crippen LogP contribution in [-0.4, -0.2) is 21.2 Å². The molecule has 1 aromatic carbocycles. The van der Waals surface area contributed by atoms with E-state index in [1.165, 1.54) is 17.6 Å². The fourth-order valence-electron chi connectivity index (χ4n) is 1.82. The molecule has 0 saturated carbocycles. The smallest absolute Gasteiger partial charge is 0.424 e. The lowest BCUT2D eigenvalue weighted by Gasteiger charge is -2.09. The van der Waals surface area contributed by atoms with E-state index in [2.05, 4.69) is 25.5 Å². The molecule has 134 valence electrons. The maximum atomic E-state index is 12.7. The van der Waals surface area contributed by atoms with Crippen LogP contribution < -0.4 is 15.9 Å². The van der Waals surface area contributed by atoms with Crippen LogP contribution >= 0.6 is 11.3 Å². The van der Waals surface area contributed by atoms with E-state index in [1.807, 2.05) is 0 Å². The van der Waals surface area contributed by atoms with Crippen LogP contribution in [0.3, 0.4) is 0 Å². The van der Waals surface area contributed by atoms with E-state index in [0.717, 1.165) is 12.3 Å². The second kappa shape index (κ2) is 7.35. The molecule has 0 unspecified atom stereocenters. The Labute approximate surface area is 149 Å². The number of thiazole rings is 1. The molecule has 0 atom stereocenters. The molecule has 3 rings (SSSR count). The number of nitrogens with zero attached hydrogens (tertiary/aromatic N) is 4. The number of para-hydroxylation sites is 1. The van der Waals surface area contributed by atoms with Gasteiger partial charge < -0.3 is 10.5 Å². The highest BCUT2D eigenvalue weighted by molar-refractivity contribution is 7.14. The van der Waals surface area contributed by atoms with Gasteiger partial charge in [0, 0.05) is 17.1 Å². The third-order valence-corrected chi connectivity index (χ3v) is 3.70. The molecule has 2 aromatic heterocycles. The number of ether oxygens (including phenoxy) is 1. The van der Waals surface area contributed by atoms with Gasteiger partial charge in [0.15, 0.2) is 5.69 Å². The second-order valence-corrected chi connectivity index (χ2v) is 5.67. The highest BCUT2D eigenvalue weighted by atomic mass is 32.1. The summed E-state index contributed by atoms with van der Waals surface area (Å²) in [4.78, 5) is 11.1. The van der Waals surface area contributed by atoms with E-state index < -0.39 is 17.9 Å². The van der Waals surface area contributed by atoms with Gasteiger partial charge >= 0.3 is 12.2 Å². The van der Waals surface area contributed by atoms with Crippen LogP contribution in [0.5, 0.6) is 11.8 Å². The zero-order chi connectivity index (χ0) is 18.6. The van der Waals surface area contributed by atoms with E-state index >= 15 is 0 Å². The Balaban J connectivity index is 1.77. The predicted molar refractivity (Wildman–Crippen MR) is 91.3 cm³/mol. The number of halogens is 3. The summed E-state index contributed by atoms with van der Waals surface area (Å²) in [5.41, 5.74) is 7.62. The maximum absolute atomic E-state index is 12.7. The topological polar surface area (TPSA) is 98.3 Å². The average molecular weight is 380 g/mol. The summed E-state index contributed by atoms with van der Waals surface area (Å²) >= 11 is 1.28. The SMILES string of the molecule is Nc1csc(NN=Cc2ccccc2Oc2nccc(C(F)(F)F)n2)n1. The van der Waals surface area contributed by atoms with Crippen molar-refractivity contribution < 1.29 is 17.9 Å². The lowest BCUT2D eigenvalue weighted by Crippen LogP contribution is -2.09. The van der Waals surface area contributed by atoms with Crippen molar-refractivity contribution in [1.82, 2.24) is 15.0 Å². The Morgan fingerprint density at radius 2 is 2.00 bits per heavy atom. The molecule has 2 heterocycles. The predicted octanol–water partition coefficient (Wildman–Crippen LogP) is 3.77. The van der Waals surface area contributed by atoms with Crippen LogP contribution in [0.1, 0.15) is 11.3 Å². The van der Waals surface area contributed by atoms with E-state index in [4.69, 9.17) is 10.5 Å². The standard InChI is InChI=1S/C15H11F3N6OS/c16-15(17,18)11-5-6-20-13(22-11)25-10-4-2-1-3-9(10)7-21-24-14-23-12(19)8-26-14/h1-8H,19H2,(H,23,24). The number of alkyl halides is 3. The van der Waals surface area contributed by atoms with Crippen LogP contribution in [0.2, 0.25) is 0 Å². The Hall–Kier alpha value is -3.21. The molecular formula is C15H11F3N6OS. The van der Waals surface area contributed by atoms with Gasteiger partial charge in [0.2, 0.25) is 5.13 Å². The van der Waals surface area contributed by atoms with Crippen molar-refractivity contribution in [3.63, 3.8) is 0 Å². The van der Waals surface area contributed by atoms with Crippen molar-refractivity contribution in [1.29, 1.82) is 0 Å². The summed E-state index contributed by atoms with van der Waals surface area (Å²) in [5.74, 6) is 0.620. The third-order valence-electron chi connectivity index (χ3n) is 2.93. The molecule has 3 aromatic rings. The van der Waals surface area contributed by atoms with E-state index in [9.17, 15) is 13.2 Å². The highest BCUT2D eigenvalue weighted by Gasteiger charge is 2.33. The molecule has 26 heavy (non-hydrogen) atoms. The number of benzene rings is 1. The lowest BCUT2D eigenvalue weighted by atomic mass is 10.2. The van der Waals surface area contributed by atoms with Gasteiger partial charge in [-0.25, -0.2) is 9.97 Å². The number of nitrogens with one attached hydrogen (secondary N) is 1. The van der Waals surface area contributed by atoms with Crippen molar-refractivity contribution in [3.05, 3.63) is 53.2 Å². The molecule has 7 nitrogen and oxygen atoms in total. The summed E-state index contributed by atoms with van der Waals surface area (Å²) in [6, 6.07) is 6.97. The van der Waals surface area contributed by atoms with Crippen LogP contribution in [0.25, 0.3) is 0 Å². The first-order valence-corrected chi connectivity index (χ1v) is 7.97. The van der Waals surface area contributed by atoms with Crippen molar-refractivity contribution in [2.75, 3.05) is 11.2 Å². The number of hydrazone groups is 1. The maximum Gasteiger partial charge on any atom is 0.433 e. The molecule has 0 aliphatic rings. The minimum atomic E-state index is -4.58. The zero-order valence-corrected chi connectivity index (χ0v) is 13.8. The lowest BCUT2D eigenvalue weighted by molar-refractivity contribution is -0.141. The number of hydrogen-bond acceptors (Lipinski definition) is 8. The Bertz CT molecular complexity index is 927. The number of rotatable bonds is 5.